The van der Waals surface area contributed by atoms with Gasteiger partial charge in [-0.15, -0.1) is 11.3 Å². The number of aryl methyl sites for hydroxylation is 1. The number of likely N-dealkylation sites (tertiary alicyclic amines) is 1. The minimum atomic E-state index is -0.657. The summed E-state index contributed by atoms with van der Waals surface area (Å²) in [6, 6.07) is 4.91. The average Bonchev–Trinajstić information content (AvgIpc) is 3.32. The summed E-state index contributed by atoms with van der Waals surface area (Å²) in [5.41, 5.74) is 0.884. The largest absolute Gasteiger partial charge is 0.338 e. The third-order valence-electron chi connectivity index (χ3n) is 5.24. The number of hydrogen-bond donors (Lipinski definition) is 1. The third kappa shape index (κ3) is 3.74. The second-order valence-corrected chi connectivity index (χ2v) is 8.25. The van der Waals surface area contributed by atoms with Crippen LogP contribution in [0.3, 0.4) is 0 Å². The molecule has 7 heteroatoms. The van der Waals surface area contributed by atoms with E-state index >= 15 is 0 Å². The molecule has 1 aliphatic heterocycles. The second kappa shape index (κ2) is 7.38. The molecule has 0 bridgehead atoms. The van der Waals surface area contributed by atoms with Crippen LogP contribution in [0.5, 0.6) is 0 Å². The molecule has 1 aromatic heterocycles. The Morgan fingerprint density at radius 1 is 1.15 bits per heavy atom. The first-order chi connectivity index (χ1) is 13.0. The number of carbonyl (C=O) groups is 2. The first kappa shape index (κ1) is 18.1. The topological polar surface area (TPSA) is 49.4 Å². The fourth-order valence-corrected chi connectivity index (χ4v) is 4.93. The summed E-state index contributed by atoms with van der Waals surface area (Å²) in [6.07, 6.45) is 3.97. The Balaban J connectivity index is 1.45. The SMILES string of the molecule is O=C(Nc1cc(F)ccc1F)[C@@H]1CCc2sc(C(=O)N3CCCC3)cc2C1. The normalized spacial score (nSPS) is 19.0. The Kier molecular flexibility index (Phi) is 4.95. The number of nitrogens with one attached hydrogen (secondary N) is 1. The number of carbonyl (C=O) groups excluding carboxylic acids is 2. The summed E-state index contributed by atoms with van der Waals surface area (Å²) in [5.74, 6) is -1.81. The van der Waals surface area contributed by atoms with Gasteiger partial charge in [0.05, 0.1) is 10.6 Å². The molecular formula is C20H20F2N2O2S. The van der Waals surface area contributed by atoms with Gasteiger partial charge in [0.2, 0.25) is 5.91 Å². The van der Waals surface area contributed by atoms with Crippen LogP contribution in [0, 0.1) is 17.6 Å². The molecule has 0 radical (unpaired) electrons. The zero-order valence-corrected chi connectivity index (χ0v) is 15.6. The summed E-state index contributed by atoms with van der Waals surface area (Å²) in [6.45, 7) is 1.62. The van der Waals surface area contributed by atoms with Crippen molar-refractivity contribution < 1.29 is 18.4 Å². The van der Waals surface area contributed by atoms with Crippen LogP contribution in [0.25, 0.3) is 0 Å². The van der Waals surface area contributed by atoms with Gasteiger partial charge in [-0.3, -0.25) is 9.59 Å². The Labute approximate surface area is 160 Å². The minimum absolute atomic E-state index is 0.0785. The van der Waals surface area contributed by atoms with Crippen LogP contribution in [0.1, 0.15) is 39.4 Å². The van der Waals surface area contributed by atoms with E-state index in [1.54, 1.807) is 0 Å². The molecule has 1 aliphatic carbocycles. The van der Waals surface area contributed by atoms with Gasteiger partial charge < -0.3 is 10.2 Å². The van der Waals surface area contributed by atoms with Crippen LogP contribution in [0.15, 0.2) is 24.3 Å². The zero-order valence-electron chi connectivity index (χ0n) is 14.8. The molecular weight excluding hydrogens is 370 g/mol. The van der Waals surface area contributed by atoms with Gasteiger partial charge >= 0.3 is 0 Å². The van der Waals surface area contributed by atoms with Crippen molar-refractivity contribution >= 4 is 28.8 Å². The maximum atomic E-state index is 13.8. The standard InChI is InChI=1S/C20H20F2N2O2S/c21-14-4-5-15(22)16(11-14)23-19(25)12-3-6-17-13(9-12)10-18(27-17)20(26)24-7-1-2-8-24/h4-5,10-12H,1-3,6-9H2,(H,23,25)/t12-/m1/s1. The molecule has 1 N–H and O–H groups in total. The molecule has 1 fully saturated rings. The van der Waals surface area contributed by atoms with Gasteiger partial charge in [0.1, 0.15) is 11.6 Å². The maximum absolute atomic E-state index is 13.8. The fraction of sp³-hybridized carbons (Fsp3) is 0.400. The number of halogens is 2. The van der Waals surface area contributed by atoms with E-state index in [9.17, 15) is 18.4 Å². The number of anilines is 1. The Morgan fingerprint density at radius 3 is 2.70 bits per heavy atom. The van der Waals surface area contributed by atoms with Gasteiger partial charge in [-0.05, 0) is 55.9 Å². The third-order valence-corrected chi connectivity index (χ3v) is 6.47. The van der Waals surface area contributed by atoms with Crippen molar-refractivity contribution in [2.45, 2.75) is 32.1 Å². The highest BCUT2D eigenvalue weighted by molar-refractivity contribution is 7.14. The van der Waals surface area contributed by atoms with E-state index in [-0.39, 0.29) is 23.4 Å². The predicted molar refractivity (Wildman–Crippen MR) is 100.0 cm³/mol. The van der Waals surface area contributed by atoms with E-state index in [1.807, 2.05) is 11.0 Å². The Morgan fingerprint density at radius 2 is 1.93 bits per heavy atom. The molecule has 0 saturated carbocycles. The smallest absolute Gasteiger partial charge is 0.263 e. The molecule has 4 rings (SSSR count). The van der Waals surface area contributed by atoms with Crippen molar-refractivity contribution in [2.24, 2.45) is 5.92 Å². The fourth-order valence-electron chi connectivity index (χ4n) is 3.76. The molecule has 2 aliphatic rings. The number of hydrogen-bond acceptors (Lipinski definition) is 3. The van der Waals surface area contributed by atoms with E-state index in [2.05, 4.69) is 5.32 Å². The molecule has 1 saturated heterocycles. The van der Waals surface area contributed by atoms with E-state index in [0.29, 0.717) is 12.8 Å². The Bertz CT molecular complexity index is 890. The molecule has 2 amide bonds. The van der Waals surface area contributed by atoms with E-state index < -0.39 is 11.6 Å². The Hall–Kier alpha value is -2.28. The molecule has 1 atom stereocenters. The minimum Gasteiger partial charge on any atom is -0.338 e. The summed E-state index contributed by atoms with van der Waals surface area (Å²) >= 11 is 1.52. The number of fused-ring (bicyclic) bond motifs is 1. The first-order valence-corrected chi connectivity index (χ1v) is 9.99. The molecule has 1 aromatic carbocycles. The number of amides is 2. The van der Waals surface area contributed by atoms with Crippen molar-refractivity contribution in [1.82, 2.24) is 4.90 Å². The monoisotopic (exact) mass is 390 g/mol. The second-order valence-electron chi connectivity index (χ2n) is 7.11. The lowest BCUT2D eigenvalue weighted by atomic mass is 9.87. The van der Waals surface area contributed by atoms with Gasteiger partial charge in [0, 0.05) is 30.0 Å². The van der Waals surface area contributed by atoms with Gasteiger partial charge in [-0.25, -0.2) is 8.78 Å². The van der Waals surface area contributed by atoms with Gasteiger partial charge in [-0.2, -0.15) is 0 Å². The number of thiophene rings is 1. The van der Waals surface area contributed by atoms with Gasteiger partial charge in [0.15, 0.2) is 0 Å². The highest BCUT2D eigenvalue weighted by atomic mass is 32.1. The summed E-state index contributed by atoms with van der Waals surface area (Å²) in [5, 5.41) is 2.50. The molecule has 27 heavy (non-hydrogen) atoms. The average molecular weight is 390 g/mol. The molecule has 0 spiro atoms. The summed E-state index contributed by atoms with van der Waals surface area (Å²) in [4.78, 5) is 28.9. The van der Waals surface area contributed by atoms with Crippen LogP contribution in [-0.2, 0) is 17.6 Å². The van der Waals surface area contributed by atoms with Gasteiger partial charge in [-0.1, -0.05) is 0 Å². The van der Waals surface area contributed by atoms with E-state index in [0.717, 1.165) is 65.9 Å². The molecule has 142 valence electrons. The lowest BCUT2D eigenvalue weighted by Gasteiger charge is -2.21. The summed E-state index contributed by atoms with van der Waals surface area (Å²) in [7, 11) is 0. The van der Waals surface area contributed by atoms with Crippen molar-refractivity contribution in [3.8, 4) is 0 Å². The van der Waals surface area contributed by atoms with Crippen LogP contribution < -0.4 is 5.32 Å². The number of nitrogens with zero attached hydrogens (tertiary/aromatic N) is 1. The van der Waals surface area contributed by atoms with Crippen molar-refractivity contribution in [3.63, 3.8) is 0 Å². The van der Waals surface area contributed by atoms with Crippen molar-refractivity contribution in [1.29, 1.82) is 0 Å². The lowest BCUT2D eigenvalue weighted by Crippen LogP contribution is -2.28. The molecule has 0 unspecified atom stereocenters. The van der Waals surface area contributed by atoms with Crippen LogP contribution in [-0.4, -0.2) is 29.8 Å². The van der Waals surface area contributed by atoms with Crippen molar-refractivity contribution in [2.75, 3.05) is 18.4 Å². The number of rotatable bonds is 3. The highest BCUT2D eigenvalue weighted by Crippen LogP contribution is 2.34. The van der Waals surface area contributed by atoms with Crippen LogP contribution in [0.4, 0.5) is 14.5 Å². The van der Waals surface area contributed by atoms with E-state index in [4.69, 9.17) is 0 Å². The number of benzene rings is 1. The molecule has 2 heterocycles. The van der Waals surface area contributed by atoms with Crippen LogP contribution >= 0.6 is 11.3 Å². The lowest BCUT2D eigenvalue weighted by molar-refractivity contribution is -0.120. The first-order valence-electron chi connectivity index (χ1n) is 9.18. The van der Waals surface area contributed by atoms with Crippen molar-refractivity contribution in [3.05, 3.63) is 51.2 Å². The molecule has 4 nitrogen and oxygen atoms in total. The molecule has 2 aromatic rings. The quantitative estimate of drug-likeness (QED) is 0.861. The van der Waals surface area contributed by atoms with E-state index in [1.165, 1.54) is 11.3 Å². The summed E-state index contributed by atoms with van der Waals surface area (Å²) < 4.78 is 27.0. The van der Waals surface area contributed by atoms with Gasteiger partial charge in [0.25, 0.3) is 5.91 Å². The maximum Gasteiger partial charge on any atom is 0.263 e. The van der Waals surface area contributed by atoms with Crippen LogP contribution in [0.2, 0.25) is 0 Å². The predicted octanol–water partition coefficient (Wildman–Crippen LogP) is 4.01. The highest BCUT2D eigenvalue weighted by Gasteiger charge is 2.29. The zero-order chi connectivity index (χ0) is 19.0.